The summed E-state index contributed by atoms with van der Waals surface area (Å²) in [6.07, 6.45) is 1.33. The highest BCUT2D eigenvalue weighted by Gasteiger charge is 2.35. The third kappa shape index (κ3) is 4.04. The summed E-state index contributed by atoms with van der Waals surface area (Å²) in [5.41, 5.74) is 1.63. The molecule has 1 saturated heterocycles. The molecule has 1 aliphatic rings. The minimum Gasteiger partial charge on any atom is -0.489 e. The molecule has 0 saturated carbocycles. The Morgan fingerprint density at radius 2 is 1.81 bits per heavy atom. The van der Waals surface area contributed by atoms with E-state index in [1.165, 1.54) is 0 Å². The van der Waals surface area contributed by atoms with E-state index < -0.39 is 11.9 Å². The van der Waals surface area contributed by atoms with Gasteiger partial charge in [-0.3, -0.25) is 9.59 Å². The fraction of sp³-hybridized carbons (Fsp3) is 0.333. The summed E-state index contributed by atoms with van der Waals surface area (Å²) in [7, 11) is 0. The molecule has 1 heterocycles. The van der Waals surface area contributed by atoms with Crippen molar-refractivity contribution in [3.8, 4) is 5.75 Å². The van der Waals surface area contributed by atoms with Crippen LogP contribution in [-0.4, -0.2) is 34.5 Å². The van der Waals surface area contributed by atoms with Crippen molar-refractivity contribution in [3.63, 3.8) is 0 Å². The van der Waals surface area contributed by atoms with Crippen LogP contribution in [-0.2, 0) is 11.4 Å². The van der Waals surface area contributed by atoms with Crippen molar-refractivity contribution < 1.29 is 19.4 Å². The first-order valence-electron chi connectivity index (χ1n) is 8.87. The zero-order valence-corrected chi connectivity index (χ0v) is 14.8. The molecule has 0 radical (unpaired) electrons. The van der Waals surface area contributed by atoms with E-state index >= 15 is 0 Å². The van der Waals surface area contributed by atoms with Gasteiger partial charge in [0.25, 0.3) is 5.91 Å². The fourth-order valence-corrected chi connectivity index (χ4v) is 3.36. The number of piperidine rings is 1. The van der Waals surface area contributed by atoms with Gasteiger partial charge < -0.3 is 14.7 Å². The summed E-state index contributed by atoms with van der Waals surface area (Å²) >= 11 is 0. The lowest BCUT2D eigenvalue weighted by Gasteiger charge is -2.37. The molecule has 3 rings (SSSR count). The zero-order chi connectivity index (χ0) is 18.5. The SMILES string of the molecule is C[C@@H]1[C@H](C(=O)O)CCCN1C(=O)c1ccc(OCc2ccccc2)cc1. The summed E-state index contributed by atoms with van der Waals surface area (Å²) in [5, 5.41) is 9.31. The maximum absolute atomic E-state index is 12.8. The Kier molecular flexibility index (Phi) is 5.56. The molecule has 1 amide bonds. The lowest BCUT2D eigenvalue weighted by atomic mass is 9.90. The molecule has 0 aliphatic carbocycles. The molecule has 1 N–H and O–H groups in total. The second-order valence-electron chi connectivity index (χ2n) is 6.62. The Morgan fingerprint density at radius 3 is 2.46 bits per heavy atom. The van der Waals surface area contributed by atoms with Gasteiger partial charge in [0.2, 0.25) is 0 Å². The topological polar surface area (TPSA) is 66.8 Å². The quantitative estimate of drug-likeness (QED) is 0.892. The Hall–Kier alpha value is -2.82. The summed E-state index contributed by atoms with van der Waals surface area (Å²) in [4.78, 5) is 25.8. The minimum atomic E-state index is -0.834. The van der Waals surface area contributed by atoms with Gasteiger partial charge in [0, 0.05) is 18.2 Å². The number of nitrogens with zero attached hydrogens (tertiary/aromatic N) is 1. The monoisotopic (exact) mass is 353 g/mol. The first-order chi connectivity index (χ1) is 12.6. The molecule has 2 aromatic carbocycles. The van der Waals surface area contributed by atoms with Crippen LogP contribution in [0.2, 0.25) is 0 Å². The lowest BCUT2D eigenvalue weighted by Crippen LogP contribution is -2.49. The van der Waals surface area contributed by atoms with E-state index in [-0.39, 0.29) is 11.9 Å². The Labute approximate surface area is 153 Å². The fourth-order valence-electron chi connectivity index (χ4n) is 3.36. The van der Waals surface area contributed by atoms with Gasteiger partial charge in [-0.25, -0.2) is 0 Å². The van der Waals surface area contributed by atoms with Gasteiger partial charge in [0.05, 0.1) is 5.92 Å². The van der Waals surface area contributed by atoms with Gasteiger partial charge in [-0.1, -0.05) is 30.3 Å². The van der Waals surface area contributed by atoms with Gasteiger partial charge in [-0.05, 0) is 49.6 Å². The van der Waals surface area contributed by atoms with Gasteiger partial charge in [-0.2, -0.15) is 0 Å². The molecule has 5 nitrogen and oxygen atoms in total. The van der Waals surface area contributed by atoms with Crippen molar-refractivity contribution in [2.75, 3.05) is 6.54 Å². The van der Waals surface area contributed by atoms with Crippen LogP contribution in [0.5, 0.6) is 5.75 Å². The van der Waals surface area contributed by atoms with E-state index in [9.17, 15) is 14.7 Å². The van der Waals surface area contributed by atoms with Crippen molar-refractivity contribution in [2.45, 2.75) is 32.4 Å². The predicted molar refractivity (Wildman–Crippen MR) is 98.1 cm³/mol. The van der Waals surface area contributed by atoms with Crippen LogP contribution in [0.15, 0.2) is 54.6 Å². The van der Waals surface area contributed by atoms with E-state index in [0.29, 0.717) is 37.3 Å². The molecule has 2 aromatic rings. The van der Waals surface area contributed by atoms with E-state index in [2.05, 4.69) is 0 Å². The summed E-state index contributed by atoms with van der Waals surface area (Å²) in [5.74, 6) is -0.764. The van der Waals surface area contributed by atoms with Gasteiger partial charge in [0.1, 0.15) is 12.4 Å². The maximum Gasteiger partial charge on any atom is 0.308 e. The number of amides is 1. The van der Waals surface area contributed by atoms with Gasteiger partial charge in [0.15, 0.2) is 0 Å². The van der Waals surface area contributed by atoms with Crippen molar-refractivity contribution in [2.24, 2.45) is 5.92 Å². The second kappa shape index (κ2) is 8.04. The smallest absolute Gasteiger partial charge is 0.308 e. The number of likely N-dealkylation sites (tertiary alicyclic amines) is 1. The Balaban J connectivity index is 1.64. The van der Waals surface area contributed by atoms with Crippen LogP contribution < -0.4 is 4.74 Å². The van der Waals surface area contributed by atoms with Crippen molar-refractivity contribution in [1.82, 2.24) is 4.90 Å². The zero-order valence-electron chi connectivity index (χ0n) is 14.8. The second-order valence-corrected chi connectivity index (χ2v) is 6.62. The highest BCUT2D eigenvalue weighted by atomic mass is 16.5. The number of benzene rings is 2. The normalized spacial score (nSPS) is 19.8. The molecule has 0 unspecified atom stereocenters. The molecule has 0 aromatic heterocycles. The standard InChI is InChI=1S/C21H23NO4/c1-15-19(21(24)25)8-5-13-22(15)20(23)17-9-11-18(12-10-17)26-14-16-6-3-2-4-7-16/h2-4,6-7,9-12,15,19H,5,8,13-14H2,1H3,(H,24,25)/t15-,19-/m1/s1. The first kappa shape index (κ1) is 18.0. The largest absolute Gasteiger partial charge is 0.489 e. The van der Waals surface area contributed by atoms with E-state index in [4.69, 9.17) is 4.74 Å². The molecule has 136 valence electrons. The lowest BCUT2D eigenvalue weighted by molar-refractivity contribution is -0.144. The number of aliphatic carboxylic acids is 1. The first-order valence-corrected chi connectivity index (χ1v) is 8.87. The molecule has 0 spiro atoms. The summed E-state index contributed by atoms with van der Waals surface area (Å²) < 4.78 is 5.74. The Bertz CT molecular complexity index is 757. The molecular weight excluding hydrogens is 330 g/mol. The molecule has 1 fully saturated rings. The van der Waals surface area contributed by atoms with Crippen LogP contribution in [0.4, 0.5) is 0 Å². The average Bonchev–Trinajstić information content (AvgIpc) is 2.67. The van der Waals surface area contributed by atoms with Gasteiger partial charge >= 0.3 is 5.97 Å². The highest BCUT2D eigenvalue weighted by Crippen LogP contribution is 2.26. The van der Waals surface area contributed by atoms with Crippen molar-refractivity contribution >= 4 is 11.9 Å². The van der Waals surface area contributed by atoms with Crippen LogP contribution in [0.1, 0.15) is 35.7 Å². The van der Waals surface area contributed by atoms with Crippen LogP contribution >= 0.6 is 0 Å². The number of hydrogen-bond donors (Lipinski definition) is 1. The number of carbonyl (C=O) groups excluding carboxylic acids is 1. The predicted octanol–water partition coefficient (Wildman–Crippen LogP) is 3.59. The number of carbonyl (C=O) groups is 2. The van der Waals surface area contributed by atoms with Gasteiger partial charge in [-0.15, -0.1) is 0 Å². The number of hydrogen-bond acceptors (Lipinski definition) is 3. The minimum absolute atomic E-state index is 0.127. The number of ether oxygens (including phenoxy) is 1. The third-order valence-electron chi connectivity index (χ3n) is 4.92. The molecule has 0 bridgehead atoms. The Morgan fingerprint density at radius 1 is 1.12 bits per heavy atom. The molecule has 2 atom stereocenters. The van der Waals surface area contributed by atoms with Crippen LogP contribution in [0.25, 0.3) is 0 Å². The van der Waals surface area contributed by atoms with Crippen molar-refractivity contribution in [3.05, 3.63) is 65.7 Å². The molecule has 1 aliphatic heterocycles. The molecule has 5 heteroatoms. The van der Waals surface area contributed by atoms with Crippen molar-refractivity contribution in [1.29, 1.82) is 0 Å². The number of carboxylic acids is 1. The van der Waals surface area contributed by atoms with Crippen LogP contribution in [0, 0.1) is 5.92 Å². The molecular formula is C21H23NO4. The van der Waals surface area contributed by atoms with E-state index in [0.717, 1.165) is 5.56 Å². The van der Waals surface area contributed by atoms with E-state index in [1.54, 1.807) is 29.2 Å². The van der Waals surface area contributed by atoms with Crippen LogP contribution in [0.3, 0.4) is 0 Å². The third-order valence-corrected chi connectivity index (χ3v) is 4.92. The summed E-state index contributed by atoms with van der Waals surface area (Å²) in [6, 6.07) is 16.6. The highest BCUT2D eigenvalue weighted by molar-refractivity contribution is 5.95. The average molecular weight is 353 g/mol. The van der Waals surface area contributed by atoms with E-state index in [1.807, 2.05) is 37.3 Å². The maximum atomic E-state index is 12.8. The number of rotatable bonds is 5. The molecule has 26 heavy (non-hydrogen) atoms. The summed E-state index contributed by atoms with van der Waals surface area (Å²) in [6.45, 7) is 2.88. The number of carboxylic acid groups (broad SMARTS) is 1.